The number of aliphatic hydroxyl groups excluding tert-OH is 2. The van der Waals surface area contributed by atoms with Crippen LogP contribution >= 0.6 is 0 Å². The third-order valence-corrected chi connectivity index (χ3v) is 12.3. The lowest BCUT2D eigenvalue weighted by atomic mass is 9.19. The van der Waals surface area contributed by atoms with Crippen LogP contribution in [-0.4, -0.2) is 65.3 Å². The molecular formula is C36H32O6. The number of fused-ring (bicyclic) bond motifs is 6. The monoisotopic (exact) mass is 560 g/mol. The van der Waals surface area contributed by atoms with Crippen molar-refractivity contribution in [2.75, 3.05) is 0 Å². The number of hydrogen-bond acceptors (Lipinski definition) is 6. The van der Waals surface area contributed by atoms with Crippen molar-refractivity contribution in [2.24, 2.45) is 16.2 Å². The molecule has 0 aromatic heterocycles. The van der Waals surface area contributed by atoms with Crippen LogP contribution < -0.4 is 0 Å². The number of aliphatic hydroxyl groups is 6. The van der Waals surface area contributed by atoms with Gasteiger partial charge in [0, 0.05) is 0 Å². The van der Waals surface area contributed by atoms with Gasteiger partial charge in [-0.05, 0) is 52.6 Å². The van der Waals surface area contributed by atoms with Crippen molar-refractivity contribution in [2.45, 2.75) is 53.9 Å². The molecule has 42 heavy (non-hydrogen) atoms. The molecule has 6 heteroatoms. The van der Waals surface area contributed by atoms with Gasteiger partial charge in [0.1, 0.15) is 22.4 Å². The molecule has 6 aliphatic carbocycles. The fourth-order valence-electron chi connectivity index (χ4n) is 10.2. The molecule has 6 aliphatic rings. The van der Waals surface area contributed by atoms with E-state index in [0.29, 0.717) is 0 Å². The van der Waals surface area contributed by atoms with Crippen LogP contribution in [0, 0.1) is 16.2 Å². The van der Waals surface area contributed by atoms with E-state index in [1.54, 1.807) is 30.4 Å². The lowest BCUT2D eigenvalue weighted by Gasteiger charge is -2.88. The Labute approximate surface area is 243 Å². The molecule has 0 aliphatic heterocycles. The first-order valence-electron chi connectivity index (χ1n) is 14.7. The van der Waals surface area contributed by atoms with Gasteiger partial charge in [-0.15, -0.1) is 0 Å². The zero-order valence-electron chi connectivity index (χ0n) is 22.9. The zero-order valence-corrected chi connectivity index (χ0v) is 22.9. The highest BCUT2D eigenvalue weighted by molar-refractivity contribution is 5.73. The van der Waals surface area contributed by atoms with E-state index in [1.165, 1.54) is 0 Å². The Bertz CT molecular complexity index is 1810. The van der Waals surface area contributed by atoms with Crippen molar-refractivity contribution in [1.82, 2.24) is 0 Å². The predicted octanol–water partition coefficient (Wildman–Crippen LogP) is 2.44. The molecule has 3 spiro atoms. The lowest BCUT2D eigenvalue weighted by molar-refractivity contribution is -0.539. The van der Waals surface area contributed by atoms with E-state index in [0.717, 1.165) is 33.4 Å². The van der Waals surface area contributed by atoms with Gasteiger partial charge in [-0.25, -0.2) is 0 Å². The van der Waals surface area contributed by atoms with Crippen LogP contribution in [0.15, 0.2) is 91.0 Å². The highest BCUT2D eigenvalue weighted by Gasteiger charge is 3.08. The van der Waals surface area contributed by atoms with Crippen LogP contribution in [0.3, 0.4) is 0 Å². The normalized spacial score (nSPS) is 46.4. The standard InChI is InChI=1S/C36H32O6/c37-28-30(16-13-22-7-1-4-10-25(22)19-30)33(28,39)36(42)32(18-15-24-9-3-6-12-27(24)21-32)34(40)29(38)31(35(34,36)41)17-14-23-8-2-5-11-26(23)20-31/h1-18,28-29,37-42H,19-21H2/t28?,29?,30?,31?,32?,33-,34+,35+,36+/m0/s1. The predicted molar refractivity (Wildman–Crippen MR) is 157 cm³/mol. The summed E-state index contributed by atoms with van der Waals surface area (Å²) in [7, 11) is 0. The first kappa shape index (κ1) is 25.2. The Morgan fingerprint density at radius 2 is 0.905 bits per heavy atom. The maximum absolute atomic E-state index is 13.3. The molecule has 0 heterocycles. The van der Waals surface area contributed by atoms with E-state index in [-0.39, 0.29) is 19.3 Å². The molecule has 9 rings (SSSR count). The van der Waals surface area contributed by atoms with Crippen LogP contribution in [0.1, 0.15) is 33.4 Å². The van der Waals surface area contributed by atoms with Crippen LogP contribution in [-0.2, 0) is 19.3 Å². The highest BCUT2D eigenvalue weighted by Crippen LogP contribution is 2.88. The first-order valence-corrected chi connectivity index (χ1v) is 14.7. The molecule has 0 radical (unpaired) electrons. The molecule has 212 valence electrons. The van der Waals surface area contributed by atoms with E-state index in [2.05, 4.69) is 0 Å². The average Bonchev–Trinajstić information content (AvgIpc) is 3.49. The summed E-state index contributed by atoms with van der Waals surface area (Å²) in [4.78, 5) is 0. The second kappa shape index (κ2) is 7.22. The van der Waals surface area contributed by atoms with Gasteiger partial charge in [0.2, 0.25) is 0 Å². The van der Waals surface area contributed by atoms with Crippen molar-refractivity contribution < 1.29 is 30.6 Å². The summed E-state index contributed by atoms with van der Waals surface area (Å²) in [6.07, 6.45) is 8.10. The van der Waals surface area contributed by atoms with Crippen LogP contribution in [0.2, 0.25) is 0 Å². The second-order valence-corrected chi connectivity index (χ2v) is 13.4. The summed E-state index contributed by atoms with van der Waals surface area (Å²) in [5.74, 6) is 0. The second-order valence-electron chi connectivity index (χ2n) is 13.4. The lowest BCUT2D eigenvalue weighted by Crippen LogP contribution is -3.09. The third kappa shape index (κ3) is 2.14. The fourth-order valence-corrected chi connectivity index (χ4v) is 10.2. The van der Waals surface area contributed by atoms with Gasteiger partial charge in [0.15, 0.2) is 0 Å². The van der Waals surface area contributed by atoms with Crippen LogP contribution in [0.25, 0.3) is 18.2 Å². The summed E-state index contributed by atoms with van der Waals surface area (Å²) >= 11 is 0. The van der Waals surface area contributed by atoms with E-state index >= 15 is 0 Å². The molecule has 3 aromatic rings. The summed E-state index contributed by atoms with van der Waals surface area (Å²) in [6, 6.07) is 22.9. The first-order chi connectivity index (χ1) is 20.1. The van der Waals surface area contributed by atoms with Crippen LogP contribution in [0.5, 0.6) is 0 Å². The van der Waals surface area contributed by atoms with Gasteiger partial charge in [-0.2, -0.15) is 0 Å². The minimum atomic E-state index is -2.45. The Morgan fingerprint density at radius 1 is 0.476 bits per heavy atom. The molecular weight excluding hydrogens is 528 g/mol. The van der Waals surface area contributed by atoms with Crippen molar-refractivity contribution in [3.8, 4) is 0 Å². The maximum Gasteiger partial charge on any atom is 0.142 e. The molecule has 9 atom stereocenters. The fraction of sp³-hybridized carbons (Fsp3) is 0.333. The molecule has 0 bridgehead atoms. The van der Waals surface area contributed by atoms with Crippen LogP contribution in [0.4, 0.5) is 0 Å². The highest BCUT2D eigenvalue weighted by atomic mass is 16.5. The molecule has 5 unspecified atom stereocenters. The molecule has 3 saturated carbocycles. The molecule has 3 aromatic carbocycles. The quantitative estimate of drug-likeness (QED) is 0.272. The third-order valence-electron chi connectivity index (χ3n) is 12.3. The molecule has 0 saturated heterocycles. The van der Waals surface area contributed by atoms with Gasteiger partial charge in [0.25, 0.3) is 0 Å². The van der Waals surface area contributed by atoms with Crippen molar-refractivity contribution in [1.29, 1.82) is 0 Å². The Morgan fingerprint density at radius 3 is 1.48 bits per heavy atom. The summed E-state index contributed by atoms with van der Waals surface area (Å²) in [5.41, 5.74) is -8.43. The molecule has 6 nitrogen and oxygen atoms in total. The molecule has 0 amide bonds. The smallest absolute Gasteiger partial charge is 0.142 e. The number of hydrogen-bond donors (Lipinski definition) is 6. The number of rotatable bonds is 1. The Kier molecular flexibility index (Phi) is 4.33. The summed E-state index contributed by atoms with van der Waals surface area (Å²) in [5, 5.41) is 75.3. The van der Waals surface area contributed by atoms with Gasteiger partial charge in [-0.3, -0.25) is 0 Å². The van der Waals surface area contributed by atoms with E-state index in [4.69, 9.17) is 0 Å². The Balaban J connectivity index is 1.27. The van der Waals surface area contributed by atoms with Crippen molar-refractivity contribution in [3.05, 3.63) is 124 Å². The average molecular weight is 561 g/mol. The van der Waals surface area contributed by atoms with Gasteiger partial charge in [0.05, 0.1) is 28.5 Å². The minimum absolute atomic E-state index is 0.0633. The van der Waals surface area contributed by atoms with E-state index < -0.39 is 50.9 Å². The van der Waals surface area contributed by atoms with E-state index in [1.807, 2.05) is 78.9 Å². The minimum Gasteiger partial charge on any atom is -0.389 e. The van der Waals surface area contributed by atoms with Crippen molar-refractivity contribution in [3.63, 3.8) is 0 Å². The molecule has 3 fully saturated rings. The SMILES string of the molecule is OC1C2(C=Cc3ccccc3C2)[C@]2(O)[C@](O)([C@]3(O)C(O)C34C=Cc3ccccc3C4)C3(C=Cc4ccccc4C3)[C@]12O. The molecule has 6 N–H and O–H groups in total. The van der Waals surface area contributed by atoms with Crippen molar-refractivity contribution >= 4 is 18.2 Å². The zero-order chi connectivity index (χ0) is 29.0. The van der Waals surface area contributed by atoms with E-state index in [9.17, 15) is 30.6 Å². The summed E-state index contributed by atoms with van der Waals surface area (Å²) in [6.45, 7) is 0. The largest absolute Gasteiger partial charge is 0.389 e. The van der Waals surface area contributed by atoms with Gasteiger partial charge >= 0.3 is 0 Å². The Hall–Kier alpha value is -3.36. The maximum atomic E-state index is 13.3. The topological polar surface area (TPSA) is 121 Å². The van der Waals surface area contributed by atoms with Gasteiger partial charge < -0.3 is 30.6 Å². The summed E-state index contributed by atoms with van der Waals surface area (Å²) < 4.78 is 0. The number of benzene rings is 3. The van der Waals surface area contributed by atoms with Gasteiger partial charge in [-0.1, -0.05) is 109 Å².